The van der Waals surface area contributed by atoms with Crippen molar-refractivity contribution in [2.75, 3.05) is 5.75 Å². The van der Waals surface area contributed by atoms with E-state index in [4.69, 9.17) is 0 Å². The Morgan fingerprint density at radius 3 is 1.65 bits per heavy atom. The fourth-order valence-corrected chi connectivity index (χ4v) is 4.06. The molecule has 34 heavy (non-hydrogen) atoms. The summed E-state index contributed by atoms with van der Waals surface area (Å²) >= 11 is 3.79. The molecular formula is C31H52O2S. The van der Waals surface area contributed by atoms with E-state index in [2.05, 4.69) is 98.4 Å². The predicted octanol–water partition coefficient (Wildman–Crippen LogP) is 8.94. The summed E-state index contributed by atoms with van der Waals surface area (Å²) in [6.45, 7) is 21.2. The number of aliphatic hydroxyl groups excluding tert-OH is 1. The molecule has 0 aromatic heterocycles. The monoisotopic (exact) mass is 488 g/mol. The third kappa shape index (κ3) is 9.66. The SMILES string of the molecule is CCC(CC)(c1ccc(C)c(C)c1)c1ccc(O)c(C)c1.CCCCC(O)C(C)(C)C.CCS. The maximum Gasteiger partial charge on any atom is 0.118 e. The van der Waals surface area contributed by atoms with Gasteiger partial charge in [-0.25, -0.2) is 0 Å². The van der Waals surface area contributed by atoms with Gasteiger partial charge in [0.1, 0.15) is 5.75 Å². The van der Waals surface area contributed by atoms with Gasteiger partial charge in [-0.1, -0.05) is 91.6 Å². The van der Waals surface area contributed by atoms with E-state index < -0.39 is 0 Å². The smallest absolute Gasteiger partial charge is 0.118 e. The molecule has 2 aromatic rings. The lowest BCUT2D eigenvalue weighted by Crippen LogP contribution is -2.26. The first-order valence-corrected chi connectivity index (χ1v) is 13.6. The van der Waals surface area contributed by atoms with E-state index >= 15 is 0 Å². The van der Waals surface area contributed by atoms with Crippen molar-refractivity contribution in [3.8, 4) is 5.75 Å². The molecule has 0 bridgehead atoms. The van der Waals surface area contributed by atoms with E-state index in [-0.39, 0.29) is 16.9 Å². The van der Waals surface area contributed by atoms with Gasteiger partial charge < -0.3 is 10.2 Å². The third-order valence-electron chi connectivity index (χ3n) is 6.85. The van der Waals surface area contributed by atoms with Gasteiger partial charge in [-0.3, -0.25) is 0 Å². The minimum Gasteiger partial charge on any atom is -0.508 e. The summed E-state index contributed by atoms with van der Waals surface area (Å²) in [5.74, 6) is 1.32. The van der Waals surface area contributed by atoms with Crippen molar-refractivity contribution in [1.82, 2.24) is 0 Å². The van der Waals surface area contributed by atoms with Crippen molar-refractivity contribution in [3.05, 3.63) is 64.2 Å². The molecule has 0 aliphatic carbocycles. The lowest BCUT2D eigenvalue weighted by atomic mass is 9.70. The second kappa shape index (κ2) is 15.5. The number of unbranched alkanes of at least 4 members (excludes halogenated alkanes) is 1. The maximum atomic E-state index is 9.81. The van der Waals surface area contributed by atoms with Crippen molar-refractivity contribution in [1.29, 1.82) is 0 Å². The highest BCUT2D eigenvalue weighted by Gasteiger charge is 2.31. The Hall–Kier alpha value is -1.45. The highest BCUT2D eigenvalue weighted by molar-refractivity contribution is 7.80. The summed E-state index contributed by atoms with van der Waals surface area (Å²) in [7, 11) is 0. The van der Waals surface area contributed by atoms with Crippen LogP contribution in [0, 0.1) is 26.2 Å². The van der Waals surface area contributed by atoms with Gasteiger partial charge in [0.15, 0.2) is 0 Å². The Labute approximate surface area is 216 Å². The molecule has 194 valence electrons. The van der Waals surface area contributed by atoms with Gasteiger partial charge in [-0.15, -0.1) is 0 Å². The molecule has 0 radical (unpaired) electrons. The fraction of sp³-hybridized carbons (Fsp3) is 0.613. The summed E-state index contributed by atoms with van der Waals surface area (Å²) in [5, 5.41) is 19.3. The van der Waals surface area contributed by atoms with E-state index in [1.54, 1.807) is 0 Å². The highest BCUT2D eigenvalue weighted by Crippen LogP contribution is 2.40. The molecule has 0 aliphatic heterocycles. The van der Waals surface area contributed by atoms with Crippen molar-refractivity contribution in [2.45, 2.75) is 113 Å². The summed E-state index contributed by atoms with van der Waals surface area (Å²) < 4.78 is 0. The van der Waals surface area contributed by atoms with Gasteiger partial charge in [0.25, 0.3) is 0 Å². The quantitative estimate of drug-likeness (QED) is 0.340. The molecule has 0 fully saturated rings. The predicted molar refractivity (Wildman–Crippen MR) is 155 cm³/mol. The molecule has 0 saturated heterocycles. The van der Waals surface area contributed by atoms with E-state index in [0.717, 1.165) is 37.0 Å². The third-order valence-corrected chi connectivity index (χ3v) is 6.85. The Balaban J connectivity index is 0.000000704. The lowest BCUT2D eigenvalue weighted by molar-refractivity contribution is 0.0538. The van der Waals surface area contributed by atoms with E-state index in [9.17, 15) is 10.2 Å². The van der Waals surface area contributed by atoms with Crippen molar-refractivity contribution in [3.63, 3.8) is 0 Å². The van der Waals surface area contributed by atoms with E-state index in [0.29, 0.717) is 5.75 Å². The van der Waals surface area contributed by atoms with Crippen molar-refractivity contribution < 1.29 is 10.2 Å². The zero-order valence-corrected chi connectivity index (χ0v) is 24.5. The Morgan fingerprint density at radius 1 is 0.794 bits per heavy atom. The van der Waals surface area contributed by atoms with Gasteiger partial charge >= 0.3 is 0 Å². The van der Waals surface area contributed by atoms with Crippen LogP contribution in [-0.2, 0) is 5.41 Å². The Morgan fingerprint density at radius 2 is 1.26 bits per heavy atom. The van der Waals surface area contributed by atoms with Crippen LogP contribution < -0.4 is 0 Å². The van der Waals surface area contributed by atoms with E-state index in [1.807, 2.05) is 19.9 Å². The molecule has 2 aromatic carbocycles. The number of aryl methyl sites for hydroxylation is 3. The molecule has 1 atom stereocenters. The number of aromatic hydroxyl groups is 1. The lowest BCUT2D eigenvalue weighted by Gasteiger charge is -2.34. The minimum absolute atomic E-state index is 0.0247. The molecule has 3 heteroatoms. The first-order valence-electron chi connectivity index (χ1n) is 13.0. The number of thiol groups is 1. The van der Waals surface area contributed by atoms with Crippen LogP contribution in [0.1, 0.15) is 108 Å². The number of phenols is 1. The molecule has 2 rings (SSSR count). The standard InChI is InChI=1S/C20H26O.C9H20O.C2H6S/c1-6-20(7-2,17-9-8-14(3)15(4)12-17)18-10-11-19(21)16(5)13-18;1-5-6-7-8(10)9(2,3)4;1-2-3/h8-13,21H,6-7H2,1-5H3;8,10H,5-7H2,1-4H3;3H,2H2,1H3. The van der Waals surface area contributed by atoms with Crippen LogP contribution in [0.4, 0.5) is 0 Å². The van der Waals surface area contributed by atoms with Gasteiger partial charge in [0, 0.05) is 5.41 Å². The molecule has 0 heterocycles. The summed E-state index contributed by atoms with van der Waals surface area (Å²) in [5.41, 5.74) is 6.39. The molecule has 0 aliphatic rings. The largest absolute Gasteiger partial charge is 0.508 e. The van der Waals surface area contributed by atoms with E-state index in [1.165, 1.54) is 28.7 Å². The fourth-order valence-electron chi connectivity index (χ4n) is 4.06. The molecule has 0 spiro atoms. The molecular weight excluding hydrogens is 436 g/mol. The maximum absolute atomic E-state index is 9.81. The number of hydrogen-bond acceptors (Lipinski definition) is 3. The zero-order valence-electron chi connectivity index (χ0n) is 23.6. The second-order valence-corrected chi connectivity index (χ2v) is 11.1. The van der Waals surface area contributed by atoms with Gasteiger partial charge in [-0.05, 0) is 85.1 Å². The van der Waals surface area contributed by atoms with Crippen LogP contribution in [0.2, 0.25) is 0 Å². The number of phenolic OH excluding ortho intramolecular Hbond substituents is 1. The Kier molecular flexibility index (Phi) is 14.9. The number of benzene rings is 2. The summed E-state index contributed by atoms with van der Waals surface area (Å²) in [6.07, 6.45) is 5.23. The average Bonchev–Trinajstić information content (AvgIpc) is 2.78. The molecule has 0 amide bonds. The molecule has 1 unspecified atom stereocenters. The van der Waals surface area contributed by atoms with Crippen LogP contribution in [0.15, 0.2) is 36.4 Å². The van der Waals surface area contributed by atoms with Crippen LogP contribution >= 0.6 is 12.6 Å². The molecule has 2 nitrogen and oxygen atoms in total. The van der Waals surface area contributed by atoms with Crippen molar-refractivity contribution >= 4 is 12.6 Å². The minimum atomic E-state index is -0.132. The van der Waals surface area contributed by atoms with Crippen LogP contribution in [0.3, 0.4) is 0 Å². The highest BCUT2D eigenvalue weighted by atomic mass is 32.1. The van der Waals surface area contributed by atoms with Crippen LogP contribution in [0.5, 0.6) is 5.75 Å². The molecule has 2 N–H and O–H groups in total. The Bertz CT molecular complexity index is 778. The topological polar surface area (TPSA) is 40.5 Å². The van der Waals surface area contributed by atoms with Gasteiger partial charge in [-0.2, -0.15) is 12.6 Å². The first-order chi connectivity index (χ1) is 15.8. The van der Waals surface area contributed by atoms with Crippen molar-refractivity contribution in [2.24, 2.45) is 5.41 Å². The summed E-state index contributed by atoms with van der Waals surface area (Å²) in [4.78, 5) is 0. The number of hydrogen-bond donors (Lipinski definition) is 3. The van der Waals surface area contributed by atoms with Crippen LogP contribution in [-0.4, -0.2) is 22.1 Å². The van der Waals surface area contributed by atoms with Gasteiger partial charge in [0.05, 0.1) is 6.10 Å². The summed E-state index contributed by atoms with van der Waals surface area (Å²) in [6, 6.07) is 12.8. The molecule has 0 saturated carbocycles. The first kappa shape index (κ1) is 32.5. The normalized spacial score (nSPS) is 12.2. The second-order valence-electron chi connectivity index (χ2n) is 10.4. The van der Waals surface area contributed by atoms with Gasteiger partial charge in [0.2, 0.25) is 0 Å². The average molecular weight is 489 g/mol. The number of aliphatic hydroxyl groups is 1. The number of rotatable bonds is 7. The van der Waals surface area contributed by atoms with Crippen LogP contribution in [0.25, 0.3) is 0 Å². The zero-order chi connectivity index (χ0) is 26.5.